The fraction of sp³-hybridized carbons (Fsp3) is 0.353. The highest BCUT2D eigenvalue weighted by Crippen LogP contribution is 2.27. The summed E-state index contributed by atoms with van der Waals surface area (Å²) in [6.07, 6.45) is 2.66. The predicted molar refractivity (Wildman–Crippen MR) is 109 cm³/mol. The number of benzene rings is 1. The minimum atomic E-state index is 0. The molecular formula is C17H23IN6O. The van der Waals surface area contributed by atoms with Crippen LogP contribution in [0.5, 0.6) is 0 Å². The molecule has 2 aromatic rings. The molecule has 1 amide bonds. The van der Waals surface area contributed by atoms with E-state index in [1.54, 1.807) is 17.9 Å². The molecule has 0 radical (unpaired) electrons. The fourth-order valence-corrected chi connectivity index (χ4v) is 2.82. The van der Waals surface area contributed by atoms with Crippen LogP contribution in [0.3, 0.4) is 0 Å². The van der Waals surface area contributed by atoms with Gasteiger partial charge in [-0.1, -0.05) is 18.2 Å². The molecule has 25 heavy (non-hydrogen) atoms. The topological polar surface area (TPSA) is 74.6 Å². The Kier molecular flexibility index (Phi) is 6.80. The number of nitrogens with zero attached hydrogens (tertiary/aromatic N) is 4. The minimum Gasteiger partial charge on any atom is -0.351 e. The van der Waals surface area contributed by atoms with Gasteiger partial charge in [0.2, 0.25) is 5.91 Å². The number of carbonyl (C=O) groups is 1. The van der Waals surface area contributed by atoms with Crippen molar-refractivity contribution in [1.29, 1.82) is 0 Å². The Balaban J connectivity index is 0.00000225. The van der Waals surface area contributed by atoms with Gasteiger partial charge < -0.3 is 15.5 Å². The van der Waals surface area contributed by atoms with Crippen molar-refractivity contribution >= 4 is 41.5 Å². The number of fused-ring (bicyclic) bond motifs is 1. The first kappa shape index (κ1) is 19.2. The Labute approximate surface area is 164 Å². The van der Waals surface area contributed by atoms with Crippen molar-refractivity contribution < 1.29 is 4.79 Å². The zero-order chi connectivity index (χ0) is 16.9. The molecule has 1 aliphatic heterocycles. The van der Waals surface area contributed by atoms with E-state index in [0.29, 0.717) is 12.5 Å². The largest absolute Gasteiger partial charge is 0.351 e. The molecule has 1 aromatic carbocycles. The molecule has 0 saturated carbocycles. The van der Waals surface area contributed by atoms with Crippen LogP contribution in [0.25, 0.3) is 0 Å². The summed E-state index contributed by atoms with van der Waals surface area (Å²) < 4.78 is 1.80. The number of hydrogen-bond acceptors (Lipinski definition) is 3. The fourth-order valence-electron chi connectivity index (χ4n) is 2.82. The van der Waals surface area contributed by atoms with Gasteiger partial charge in [0.05, 0.1) is 18.8 Å². The molecule has 1 aromatic heterocycles. The van der Waals surface area contributed by atoms with Gasteiger partial charge in [0.15, 0.2) is 5.96 Å². The van der Waals surface area contributed by atoms with Crippen molar-refractivity contribution in [2.75, 3.05) is 25.0 Å². The van der Waals surface area contributed by atoms with Crippen molar-refractivity contribution in [1.82, 2.24) is 20.4 Å². The average molecular weight is 454 g/mol. The number of aliphatic imine (C=N–C) groups is 1. The highest BCUT2D eigenvalue weighted by Gasteiger charge is 2.23. The lowest BCUT2D eigenvalue weighted by Gasteiger charge is -2.18. The number of hydrogen-bond donors (Lipinski definition) is 2. The lowest BCUT2D eigenvalue weighted by atomic mass is 10.2. The monoisotopic (exact) mass is 454 g/mol. The number of aryl methyl sites for hydroxylation is 1. The Morgan fingerprint density at radius 3 is 2.80 bits per heavy atom. The number of carbonyl (C=O) groups excluding carboxylic acids is 1. The van der Waals surface area contributed by atoms with Crippen LogP contribution < -0.4 is 15.5 Å². The molecule has 0 fully saturated rings. The van der Waals surface area contributed by atoms with Crippen molar-refractivity contribution in [2.45, 2.75) is 13.0 Å². The first-order chi connectivity index (χ1) is 11.7. The third-order valence-corrected chi connectivity index (χ3v) is 4.18. The lowest BCUT2D eigenvalue weighted by molar-refractivity contribution is -0.117. The summed E-state index contributed by atoms with van der Waals surface area (Å²) in [5.41, 5.74) is 3.28. The Bertz CT molecular complexity index is 757. The molecule has 134 valence electrons. The first-order valence-electron chi connectivity index (χ1n) is 7.98. The molecule has 0 spiro atoms. The number of rotatable bonds is 4. The molecule has 7 nitrogen and oxygen atoms in total. The molecule has 2 heterocycles. The molecule has 2 N–H and O–H groups in total. The predicted octanol–water partition coefficient (Wildman–Crippen LogP) is 1.29. The van der Waals surface area contributed by atoms with Gasteiger partial charge in [-0.05, 0) is 24.1 Å². The van der Waals surface area contributed by atoms with Gasteiger partial charge in [0.25, 0.3) is 0 Å². The van der Waals surface area contributed by atoms with E-state index in [2.05, 4.69) is 26.8 Å². The van der Waals surface area contributed by atoms with Crippen LogP contribution in [0, 0.1) is 0 Å². The van der Waals surface area contributed by atoms with Crippen molar-refractivity contribution in [3.05, 3.63) is 47.8 Å². The van der Waals surface area contributed by atoms with Crippen molar-refractivity contribution in [2.24, 2.45) is 12.0 Å². The van der Waals surface area contributed by atoms with E-state index in [9.17, 15) is 4.79 Å². The van der Waals surface area contributed by atoms with Crippen molar-refractivity contribution in [3.63, 3.8) is 0 Å². The Morgan fingerprint density at radius 2 is 2.08 bits per heavy atom. The third kappa shape index (κ3) is 4.50. The zero-order valence-corrected chi connectivity index (χ0v) is 16.7. The van der Waals surface area contributed by atoms with E-state index in [0.717, 1.165) is 24.3 Å². The summed E-state index contributed by atoms with van der Waals surface area (Å²) in [6.45, 7) is 1.54. The van der Waals surface area contributed by atoms with Gasteiger partial charge in [0, 0.05) is 32.5 Å². The number of amides is 1. The van der Waals surface area contributed by atoms with Gasteiger partial charge in [-0.2, -0.15) is 5.10 Å². The number of anilines is 1. The van der Waals surface area contributed by atoms with Gasteiger partial charge in [-0.25, -0.2) is 0 Å². The second kappa shape index (κ2) is 8.84. The summed E-state index contributed by atoms with van der Waals surface area (Å²) in [5.74, 6) is 0.639. The first-order valence-corrected chi connectivity index (χ1v) is 7.98. The highest BCUT2D eigenvalue weighted by atomic mass is 127. The summed E-state index contributed by atoms with van der Waals surface area (Å²) in [4.78, 5) is 18.5. The lowest BCUT2D eigenvalue weighted by Crippen LogP contribution is -2.44. The normalized spacial score (nSPS) is 13.2. The van der Waals surface area contributed by atoms with E-state index in [1.807, 2.05) is 36.2 Å². The molecule has 0 saturated heterocycles. The van der Waals surface area contributed by atoms with Gasteiger partial charge in [-0.3, -0.25) is 14.5 Å². The maximum absolute atomic E-state index is 12.5. The molecule has 1 aliphatic rings. The standard InChI is InChI=1S/C17H22N6O.HI/c1-18-17(19-11-14-7-9-21-22(14)2)20-12-16(24)23-10-8-13-5-3-4-6-15(13)23;/h3-7,9H,8,10-12H2,1-2H3,(H2,18,19,20);1H. The summed E-state index contributed by atoms with van der Waals surface area (Å²) in [5, 5.41) is 10.4. The Morgan fingerprint density at radius 1 is 1.28 bits per heavy atom. The highest BCUT2D eigenvalue weighted by molar-refractivity contribution is 14.0. The minimum absolute atomic E-state index is 0. The second-order valence-electron chi connectivity index (χ2n) is 5.65. The van der Waals surface area contributed by atoms with Crippen LogP contribution >= 0.6 is 24.0 Å². The third-order valence-electron chi connectivity index (χ3n) is 4.18. The van der Waals surface area contributed by atoms with Crippen LogP contribution in [-0.4, -0.2) is 41.8 Å². The summed E-state index contributed by atoms with van der Waals surface area (Å²) in [7, 11) is 3.58. The summed E-state index contributed by atoms with van der Waals surface area (Å²) in [6, 6.07) is 9.98. The molecule has 8 heteroatoms. The van der Waals surface area contributed by atoms with Crippen LogP contribution in [0.2, 0.25) is 0 Å². The molecule has 0 aliphatic carbocycles. The van der Waals surface area contributed by atoms with Crippen LogP contribution in [0.1, 0.15) is 11.3 Å². The van der Waals surface area contributed by atoms with E-state index >= 15 is 0 Å². The molecule has 3 rings (SSSR count). The number of guanidine groups is 1. The van der Waals surface area contributed by atoms with Crippen molar-refractivity contribution in [3.8, 4) is 0 Å². The molecular weight excluding hydrogens is 431 g/mol. The summed E-state index contributed by atoms with van der Waals surface area (Å²) >= 11 is 0. The number of aromatic nitrogens is 2. The van der Waals surface area contributed by atoms with E-state index in [1.165, 1.54) is 5.56 Å². The number of halogens is 1. The van der Waals surface area contributed by atoms with Crippen LogP contribution in [0.4, 0.5) is 5.69 Å². The maximum Gasteiger partial charge on any atom is 0.246 e. The smallest absolute Gasteiger partial charge is 0.246 e. The van der Waals surface area contributed by atoms with E-state index in [-0.39, 0.29) is 36.4 Å². The zero-order valence-electron chi connectivity index (χ0n) is 14.4. The van der Waals surface area contributed by atoms with Gasteiger partial charge >= 0.3 is 0 Å². The maximum atomic E-state index is 12.5. The van der Waals surface area contributed by atoms with E-state index < -0.39 is 0 Å². The molecule has 0 unspecified atom stereocenters. The quantitative estimate of drug-likeness (QED) is 0.415. The van der Waals surface area contributed by atoms with Crippen LogP contribution in [0.15, 0.2) is 41.5 Å². The number of para-hydroxylation sites is 1. The SMILES string of the molecule is CN=C(NCC(=O)N1CCc2ccccc21)NCc1ccnn1C.I. The molecule has 0 bridgehead atoms. The second-order valence-corrected chi connectivity index (χ2v) is 5.65. The van der Waals surface area contributed by atoms with Gasteiger partial charge in [0.1, 0.15) is 0 Å². The molecule has 0 atom stereocenters. The van der Waals surface area contributed by atoms with Crippen LogP contribution in [-0.2, 0) is 24.8 Å². The van der Waals surface area contributed by atoms with Gasteiger partial charge in [-0.15, -0.1) is 24.0 Å². The van der Waals surface area contributed by atoms with E-state index in [4.69, 9.17) is 0 Å². The Hall–Kier alpha value is -2.10. The number of nitrogens with one attached hydrogen (secondary N) is 2. The average Bonchev–Trinajstić information content (AvgIpc) is 3.21.